The van der Waals surface area contributed by atoms with E-state index in [1.54, 1.807) is 13.1 Å². The molecule has 220 valence electrons. The topological polar surface area (TPSA) is 119 Å². The molecule has 5 aromatic rings. The number of anilines is 1. The van der Waals surface area contributed by atoms with Gasteiger partial charge in [-0.15, -0.1) is 0 Å². The Bertz CT molecular complexity index is 1910. The second kappa shape index (κ2) is 11.5. The van der Waals surface area contributed by atoms with Crippen LogP contribution in [0.2, 0.25) is 0 Å². The van der Waals surface area contributed by atoms with Crippen molar-refractivity contribution in [3.8, 4) is 17.1 Å². The summed E-state index contributed by atoms with van der Waals surface area (Å²) in [5, 5.41) is 6.14. The highest BCUT2D eigenvalue weighted by molar-refractivity contribution is 7.92. The summed E-state index contributed by atoms with van der Waals surface area (Å²) in [6.45, 7) is 4.91. The second-order valence-corrected chi connectivity index (χ2v) is 12.5. The third-order valence-electron chi connectivity index (χ3n) is 7.66. The molecule has 1 fully saturated rings. The van der Waals surface area contributed by atoms with E-state index in [4.69, 9.17) is 4.74 Å². The first-order valence-electron chi connectivity index (χ1n) is 14.0. The number of hydrogen-bond donors (Lipinski definition) is 1. The van der Waals surface area contributed by atoms with E-state index in [1.807, 2.05) is 79.4 Å². The van der Waals surface area contributed by atoms with E-state index in [9.17, 15) is 13.2 Å². The Labute approximate surface area is 250 Å². The van der Waals surface area contributed by atoms with Crippen molar-refractivity contribution in [3.63, 3.8) is 0 Å². The fraction of sp³-hybridized carbons (Fsp3) is 0.250. The van der Waals surface area contributed by atoms with E-state index >= 15 is 0 Å². The number of nitrogens with zero attached hydrogens (tertiary/aromatic N) is 5. The number of sulfonamides is 1. The minimum atomic E-state index is -3.99. The first kappa shape index (κ1) is 28.4. The maximum absolute atomic E-state index is 13.3. The monoisotopic (exact) mass is 596 g/mol. The number of rotatable bonds is 8. The van der Waals surface area contributed by atoms with Crippen molar-refractivity contribution in [2.75, 3.05) is 17.8 Å². The van der Waals surface area contributed by atoms with Crippen molar-refractivity contribution in [2.45, 2.75) is 37.7 Å². The van der Waals surface area contributed by atoms with Crippen molar-refractivity contribution < 1.29 is 17.9 Å². The molecule has 0 radical (unpaired) electrons. The van der Waals surface area contributed by atoms with E-state index in [1.165, 1.54) is 17.1 Å². The largest absolute Gasteiger partial charge is 0.472 e. The van der Waals surface area contributed by atoms with Crippen LogP contribution in [-0.4, -0.2) is 58.2 Å². The number of aryl methyl sites for hydroxylation is 3. The van der Waals surface area contributed by atoms with Crippen LogP contribution in [0, 0.1) is 13.8 Å². The molecule has 3 heterocycles. The lowest BCUT2D eigenvalue weighted by atomic mass is 10.00. The van der Waals surface area contributed by atoms with Gasteiger partial charge in [-0.3, -0.25) is 9.48 Å². The average Bonchev–Trinajstić information content (AvgIpc) is 3.63. The molecule has 6 rings (SSSR count). The summed E-state index contributed by atoms with van der Waals surface area (Å²) in [5.74, 6) is 0.150. The molecule has 0 saturated carbocycles. The summed E-state index contributed by atoms with van der Waals surface area (Å²) in [4.78, 5) is 24.1. The maximum atomic E-state index is 13.3. The van der Waals surface area contributed by atoms with Gasteiger partial charge in [0.15, 0.2) is 0 Å². The highest BCUT2D eigenvalue weighted by atomic mass is 32.2. The first-order chi connectivity index (χ1) is 20.7. The predicted molar refractivity (Wildman–Crippen MR) is 164 cm³/mol. The molecule has 11 heteroatoms. The van der Waals surface area contributed by atoms with E-state index in [-0.39, 0.29) is 28.7 Å². The van der Waals surface area contributed by atoms with Crippen LogP contribution in [0.4, 0.5) is 5.95 Å². The molecule has 10 nitrogen and oxygen atoms in total. The van der Waals surface area contributed by atoms with Gasteiger partial charge >= 0.3 is 0 Å². The van der Waals surface area contributed by atoms with E-state index < -0.39 is 10.0 Å². The number of ether oxygens (including phenoxy) is 1. The fourth-order valence-corrected chi connectivity index (χ4v) is 6.46. The Hall–Kier alpha value is -4.77. The third-order valence-corrected chi connectivity index (χ3v) is 8.95. The molecule has 3 aromatic carbocycles. The summed E-state index contributed by atoms with van der Waals surface area (Å²) in [5.41, 5.74) is 4.36. The van der Waals surface area contributed by atoms with Crippen molar-refractivity contribution in [3.05, 3.63) is 95.8 Å². The van der Waals surface area contributed by atoms with Crippen LogP contribution < -0.4 is 9.46 Å². The van der Waals surface area contributed by atoms with E-state index in [2.05, 4.69) is 19.8 Å². The molecule has 1 atom stereocenters. The Morgan fingerprint density at radius 3 is 2.53 bits per heavy atom. The SMILES string of the molecule is Cc1cccc(C)c1-c1cc(OC2CCN(C(=O)Cc3cccc4ccccc34)C2)nc(NS(=O)(=O)c2cnn(C)c2)n1. The molecule has 0 spiro atoms. The molecule has 1 aliphatic heterocycles. The van der Waals surface area contributed by atoms with Gasteiger partial charge < -0.3 is 9.64 Å². The molecule has 2 aromatic heterocycles. The predicted octanol–water partition coefficient (Wildman–Crippen LogP) is 4.67. The van der Waals surface area contributed by atoms with Crippen molar-refractivity contribution >= 4 is 32.7 Å². The van der Waals surface area contributed by atoms with Gasteiger partial charge in [0, 0.05) is 37.8 Å². The number of benzene rings is 3. The zero-order chi connectivity index (χ0) is 30.1. The van der Waals surface area contributed by atoms with Crippen LogP contribution in [0.1, 0.15) is 23.1 Å². The zero-order valence-corrected chi connectivity index (χ0v) is 25.0. The highest BCUT2D eigenvalue weighted by Gasteiger charge is 2.29. The van der Waals surface area contributed by atoms with Crippen molar-refractivity contribution in [2.24, 2.45) is 7.05 Å². The van der Waals surface area contributed by atoms with Gasteiger partial charge in [-0.25, -0.2) is 18.1 Å². The zero-order valence-electron chi connectivity index (χ0n) is 24.2. The molecule has 1 aliphatic rings. The normalized spacial score (nSPS) is 15.1. The van der Waals surface area contributed by atoms with Crippen molar-refractivity contribution in [1.29, 1.82) is 0 Å². The van der Waals surface area contributed by atoms with Gasteiger partial charge in [-0.05, 0) is 41.3 Å². The van der Waals surface area contributed by atoms with Crippen LogP contribution >= 0.6 is 0 Å². The van der Waals surface area contributed by atoms with E-state index in [0.717, 1.165) is 33.0 Å². The second-order valence-electron chi connectivity index (χ2n) is 10.8. The summed E-state index contributed by atoms with van der Waals surface area (Å²) < 4.78 is 36.3. The molecule has 1 unspecified atom stereocenters. The molecule has 0 aliphatic carbocycles. The molecule has 1 amide bonds. The van der Waals surface area contributed by atoms with Gasteiger partial charge in [-0.1, -0.05) is 60.7 Å². The number of fused-ring (bicyclic) bond motifs is 1. The fourth-order valence-electron chi connectivity index (χ4n) is 5.54. The summed E-state index contributed by atoms with van der Waals surface area (Å²) in [7, 11) is -2.35. The number of nitrogens with one attached hydrogen (secondary N) is 1. The summed E-state index contributed by atoms with van der Waals surface area (Å²) >= 11 is 0. The maximum Gasteiger partial charge on any atom is 0.267 e. The lowest BCUT2D eigenvalue weighted by Crippen LogP contribution is -2.32. The van der Waals surface area contributed by atoms with Gasteiger partial charge in [-0.2, -0.15) is 10.1 Å². The Balaban J connectivity index is 1.24. The molecule has 0 bridgehead atoms. The number of hydrogen-bond acceptors (Lipinski definition) is 7. The van der Waals surface area contributed by atoms with Crippen LogP contribution in [0.15, 0.2) is 84.0 Å². The lowest BCUT2D eigenvalue weighted by Gasteiger charge is -2.18. The number of likely N-dealkylation sites (tertiary alicyclic amines) is 1. The van der Waals surface area contributed by atoms with E-state index in [0.29, 0.717) is 31.6 Å². The standard InChI is InChI=1S/C32H32N6O4S/c1-21-8-6-9-22(2)31(21)28-17-29(35-32(34-28)36-43(40,41)26-18-33-37(3)20-26)42-25-14-15-38(19-25)30(39)16-24-12-7-11-23-10-4-5-13-27(23)24/h4-13,17-18,20,25H,14-16,19H2,1-3H3,(H,34,35,36). The van der Waals surface area contributed by atoms with Gasteiger partial charge in [0.2, 0.25) is 17.7 Å². The summed E-state index contributed by atoms with van der Waals surface area (Å²) in [6.07, 6.45) is 3.29. The Morgan fingerprint density at radius 2 is 1.77 bits per heavy atom. The van der Waals surface area contributed by atoms with Crippen LogP contribution in [-0.2, 0) is 28.3 Å². The third kappa shape index (κ3) is 6.07. The Morgan fingerprint density at radius 1 is 1.02 bits per heavy atom. The first-order valence-corrected chi connectivity index (χ1v) is 15.5. The number of carbonyl (C=O) groups excluding carboxylic acids is 1. The molecular weight excluding hydrogens is 564 g/mol. The lowest BCUT2D eigenvalue weighted by molar-refractivity contribution is -0.129. The van der Waals surface area contributed by atoms with Crippen molar-refractivity contribution in [1.82, 2.24) is 24.6 Å². The minimum Gasteiger partial charge on any atom is -0.472 e. The molecular formula is C32H32N6O4S. The summed E-state index contributed by atoms with van der Waals surface area (Å²) in [6, 6.07) is 21.7. The average molecular weight is 597 g/mol. The molecule has 43 heavy (non-hydrogen) atoms. The van der Waals surface area contributed by atoms with Crippen LogP contribution in [0.25, 0.3) is 22.0 Å². The molecule has 1 saturated heterocycles. The quantitative estimate of drug-likeness (QED) is 0.277. The highest BCUT2D eigenvalue weighted by Crippen LogP contribution is 2.30. The number of aromatic nitrogens is 4. The van der Waals surface area contributed by atoms with Gasteiger partial charge in [0.05, 0.1) is 24.9 Å². The van der Waals surface area contributed by atoms with Crippen LogP contribution in [0.3, 0.4) is 0 Å². The smallest absolute Gasteiger partial charge is 0.267 e. The van der Waals surface area contributed by atoms with Crippen LogP contribution in [0.5, 0.6) is 5.88 Å². The Kier molecular flexibility index (Phi) is 7.57. The minimum absolute atomic E-state index is 0.00492. The van der Waals surface area contributed by atoms with Gasteiger partial charge in [0.25, 0.3) is 10.0 Å². The number of carbonyl (C=O) groups is 1. The molecule has 1 N–H and O–H groups in total. The van der Waals surface area contributed by atoms with Gasteiger partial charge in [0.1, 0.15) is 11.0 Å². The number of amides is 1.